The van der Waals surface area contributed by atoms with Crippen LogP contribution in [0.5, 0.6) is 0 Å². The molecule has 1 aliphatic rings. The molecule has 2 atom stereocenters. The first-order valence-corrected chi connectivity index (χ1v) is 5.88. The molecule has 0 saturated carbocycles. The molecule has 1 fully saturated rings. The van der Waals surface area contributed by atoms with Gasteiger partial charge in [-0.2, -0.15) is 0 Å². The largest absolute Gasteiger partial charge is 0.326 e. The molecule has 0 aliphatic carbocycles. The van der Waals surface area contributed by atoms with Crippen molar-refractivity contribution in [2.45, 2.75) is 26.3 Å². The van der Waals surface area contributed by atoms with Crippen LogP contribution < -0.4 is 10.6 Å². The Morgan fingerprint density at radius 3 is 2.88 bits per heavy atom. The van der Waals surface area contributed by atoms with E-state index in [0.29, 0.717) is 11.3 Å². The molecule has 0 aromatic heterocycles. The minimum atomic E-state index is -0.251. The van der Waals surface area contributed by atoms with Crippen LogP contribution in [0.2, 0.25) is 0 Å². The highest BCUT2D eigenvalue weighted by molar-refractivity contribution is 5.93. The third-order valence-corrected chi connectivity index (χ3v) is 3.29. The van der Waals surface area contributed by atoms with Crippen molar-refractivity contribution >= 4 is 11.6 Å². The molecule has 2 rings (SSSR count). The number of carbonyl (C=O) groups is 1. The van der Waals surface area contributed by atoms with E-state index in [2.05, 4.69) is 10.6 Å². The molecule has 0 radical (unpaired) electrons. The van der Waals surface area contributed by atoms with Crippen LogP contribution in [0, 0.1) is 18.7 Å². The van der Waals surface area contributed by atoms with Crippen molar-refractivity contribution < 1.29 is 9.18 Å². The number of carbonyl (C=O) groups excluding carboxylic acids is 1. The standard InChI is InChI=1S/C13H17FN2O/c1-8-7-10(3-4-12(8)14)16-13(17)11-5-6-15-9(11)2/h3-4,7,9,11,15H,5-6H2,1-2H3,(H,16,17). The maximum atomic E-state index is 13.1. The highest BCUT2D eigenvalue weighted by Crippen LogP contribution is 2.19. The van der Waals surface area contributed by atoms with Crippen LogP contribution >= 0.6 is 0 Å². The summed E-state index contributed by atoms with van der Waals surface area (Å²) in [4.78, 5) is 12.0. The second kappa shape index (κ2) is 4.84. The lowest BCUT2D eigenvalue weighted by atomic mass is 10.0. The molecule has 2 N–H and O–H groups in total. The molecule has 1 amide bonds. The van der Waals surface area contributed by atoms with Gasteiger partial charge < -0.3 is 10.6 Å². The van der Waals surface area contributed by atoms with E-state index in [9.17, 15) is 9.18 Å². The lowest BCUT2D eigenvalue weighted by Crippen LogP contribution is -2.32. The van der Waals surface area contributed by atoms with Crippen LogP contribution in [0.1, 0.15) is 18.9 Å². The summed E-state index contributed by atoms with van der Waals surface area (Å²) < 4.78 is 13.1. The van der Waals surface area contributed by atoms with Crippen LogP contribution in [-0.4, -0.2) is 18.5 Å². The van der Waals surface area contributed by atoms with E-state index < -0.39 is 0 Å². The Hall–Kier alpha value is -1.42. The van der Waals surface area contributed by atoms with Crippen molar-refractivity contribution in [3.8, 4) is 0 Å². The average Bonchev–Trinajstić information content (AvgIpc) is 2.70. The highest BCUT2D eigenvalue weighted by Gasteiger charge is 2.29. The van der Waals surface area contributed by atoms with Gasteiger partial charge in [0.15, 0.2) is 0 Å². The Bertz CT molecular complexity index is 433. The van der Waals surface area contributed by atoms with Crippen LogP contribution in [0.25, 0.3) is 0 Å². The van der Waals surface area contributed by atoms with Gasteiger partial charge in [-0.05, 0) is 50.6 Å². The predicted octanol–water partition coefficient (Wildman–Crippen LogP) is 2.07. The molecule has 1 heterocycles. The Balaban J connectivity index is 2.05. The third-order valence-electron chi connectivity index (χ3n) is 3.29. The van der Waals surface area contributed by atoms with E-state index in [4.69, 9.17) is 0 Å². The van der Waals surface area contributed by atoms with E-state index in [0.717, 1.165) is 13.0 Å². The van der Waals surface area contributed by atoms with Crippen molar-refractivity contribution in [3.05, 3.63) is 29.6 Å². The molecular formula is C13H17FN2O. The first-order valence-electron chi connectivity index (χ1n) is 5.88. The number of hydrogen-bond acceptors (Lipinski definition) is 2. The summed E-state index contributed by atoms with van der Waals surface area (Å²) in [6.45, 7) is 4.57. The van der Waals surface area contributed by atoms with E-state index in [1.807, 2.05) is 6.92 Å². The maximum Gasteiger partial charge on any atom is 0.229 e. The quantitative estimate of drug-likeness (QED) is 0.825. The van der Waals surface area contributed by atoms with Crippen molar-refractivity contribution in [2.24, 2.45) is 5.92 Å². The van der Waals surface area contributed by atoms with E-state index in [1.165, 1.54) is 6.07 Å². The number of benzene rings is 1. The van der Waals surface area contributed by atoms with Crippen molar-refractivity contribution in [2.75, 3.05) is 11.9 Å². The SMILES string of the molecule is Cc1cc(NC(=O)C2CCNC2C)ccc1F. The normalized spacial score (nSPS) is 23.7. The van der Waals surface area contributed by atoms with Crippen molar-refractivity contribution in [1.29, 1.82) is 0 Å². The molecule has 3 nitrogen and oxygen atoms in total. The van der Waals surface area contributed by atoms with Crippen molar-refractivity contribution in [1.82, 2.24) is 5.32 Å². The molecule has 0 bridgehead atoms. The van der Waals surface area contributed by atoms with Gasteiger partial charge in [-0.15, -0.1) is 0 Å². The number of amides is 1. The number of aryl methyl sites for hydroxylation is 1. The summed E-state index contributed by atoms with van der Waals surface area (Å²) in [6, 6.07) is 4.83. The third kappa shape index (κ3) is 2.64. The fraction of sp³-hybridized carbons (Fsp3) is 0.462. The molecule has 4 heteroatoms. The van der Waals surface area contributed by atoms with Crippen LogP contribution in [-0.2, 0) is 4.79 Å². The van der Waals surface area contributed by atoms with Gasteiger partial charge in [0.25, 0.3) is 0 Å². The smallest absolute Gasteiger partial charge is 0.229 e. The predicted molar refractivity (Wildman–Crippen MR) is 65.3 cm³/mol. The minimum absolute atomic E-state index is 0.000333. The van der Waals surface area contributed by atoms with E-state index >= 15 is 0 Å². The summed E-state index contributed by atoms with van der Waals surface area (Å²) in [6.07, 6.45) is 0.854. The number of anilines is 1. The van der Waals surface area contributed by atoms with Crippen molar-refractivity contribution in [3.63, 3.8) is 0 Å². The van der Waals surface area contributed by atoms with Gasteiger partial charge in [0.1, 0.15) is 5.82 Å². The fourth-order valence-corrected chi connectivity index (χ4v) is 2.17. The minimum Gasteiger partial charge on any atom is -0.326 e. The van der Waals surface area contributed by atoms with Gasteiger partial charge in [-0.25, -0.2) is 4.39 Å². The van der Waals surface area contributed by atoms with Gasteiger partial charge in [-0.1, -0.05) is 0 Å². The molecule has 2 unspecified atom stereocenters. The second-order valence-corrected chi connectivity index (χ2v) is 4.59. The molecule has 1 aromatic rings. The van der Waals surface area contributed by atoms with Crippen LogP contribution in [0.3, 0.4) is 0 Å². The Morgan fingerprint density at radius 2 is 2.29 bits per heavy atom. The monoisotopic (exact) mass is 236 g/mol. The lowest BCUT2D eigenvalue weighted by Gasteiger charge is -2.15. The molecule has 1 aromatic carbocycles. The Labute approximate surface area is 100 Å². The molecule has 92 valence electrons. The second-order valence-electron chi connectivity index (χ2n) is 4.59. The van der Waals surface area contributed by atoms with Gasteiger partial charge >= 0.3 is 0 Å². The number of hydrogen-bond donors (Lipinski definition) is 2. The lowest BCUT2D eigenvalue weighted by molar-refractivity contribution is -0.119. The average molecular weight is 236 g/mol. The number of nitrogens with one attached hydrogen (secondary N) is 2. The molecule has 1 saturated heterocycles. The van der Waals surface area contributed by atoms with Gasteiger partial charge in [0.2, 0.25) is 5.91 Å². The van der Waals surface area contributed by atoms with Crippen LogP contribution in [0.15, 0.2) is 18.2 Å². The van der Waals surface area contributed by atoms with Gasteiger partial charge in [0.05, 0.1) is 5.92 Å². The fourth-order valence-electron chi connectivity index (χ4n) is 2.17. The first-order chi connectivity index (χ1) is 8.08. The Kier molecular flexibility index (Phi) is 3.43. The van der Waals surface area contributed by atoms with Gasteiger partial charge in [-0.3, -0.25) is 4.79 Å². The zero-order valence-corrected chi connectivity index (χ0v) is 10.1. The van der Waals surface area contributed by atoms with E-state index in [-0.39, 0.29) is 23.7 Å². The summed E-state index contributed by atoms with van der Waals surface area (Å²) in [5.41, 5.74) is 1.20. The van der Waals surface area contributed by atoms with E-state index in [1.54, 1.807) is 19.1 Å². The Morgan fingerprint density at radius 1 is 1.53 bits per heavy atom. The summed E-state index contributed by atoms with van der Waals surface area (Å²) in [5, 5.41) is 6.07. The number of halogens is 1. The summed E-state index contributed by atoms with van der Waals surface area (Å²) in [5.74, 6) is -0.243. The summed E-state index contributed by atoms with van der Waals surface area (Å²) >= 11 is 0. The van der Waals surface area contributed by atoms with Crippen LogP contribution in [0.4, 0.5) is 10.1 Å². The molecule has 0 spiro atoms. The zero-order valence-electron chi connectivity index (χ0n) is 10.1. The molecule has 17 heavy (non-hydrogen) atoms. The highest BCUT2D eigenvalue weighted by atomic mass is 19.1. The zero-order chi connectivity index (χ0) is 12.4. The first kappa shape index (κ1) is 12.0. The topological polar surface area (TPSA) is 41.1 Å². The summed E-state index contributed by atoms with van der Waals surface area (Å²) in [7, 11) is 0. The van der Waals surface area contributed by atoms with Gasteiger partial charge in [0, 0.05) is 11.7 Å². The molecular weight excluding hydrogens is 219 g/mol. The maximum absolute atomic E-state index is 13.1. The molecule has 1 aliphatic heterocycles. The number of rotatable bonds is 2.